The van der Waals surface area contributed by atoms with Crippen LogP contribution in [0.4, 0.5) is 4.39 Å². The average molecular weight is 644 g/mol. The molecular formula is C30H30FN3O8S2. The van der Waals surface area contributed by atoms with Gasteiger partial charge in [0.2, 0.25) is 10.0 Å². The molecular weight excluding hydrogens is 613 g/mol. The number of carbonyl (C=O) groups excluding carboxylic acids is 2. The van der Waals surface area contributed by atoms with Crippen molar-refractivity contribution in [3.05, 3.63) is 95.1 Å². The summed E-state index contributed by atoms with van der Waals surface area (Å²) in [6.45, 7) is -0.0122. The summed E-state index contributed by atoms with van der Waals surface area (Å²) in [6, 6.07) is 11.8. The number of aromatic nitrogens is 1. The highest BCUT2D eigenvalue weighted by Gasteiger charge is 2.38. The van der Waals surface area contributed by atoms with Gasteiger partial charge in [0, 0.05) is 30.7 Å². The van der Waals surface area contributed by atoms with Crippen molar-refractivity contribution in [1.82, 2.24) is 14.6 Å². The predicted molar refractivity (Wildman–Crippen MR) is 159 cm³/mol. The van der Waals surface area contributed by atoms with Gasteiger partial charge in [0.1, 0.15) is 10.7 Å². The Morgan fingerprint density at radius 3 is 2.34 bits per heavy atom. The number of halogens is 1. The number of pyridine rings is 1. The molecule has 1 heterocycles. The molecule has 232 valence electrons. The molecule has 1 aliphatic rings. The van der Waals surface area contributed by atoms with Crippen molar-refractivity contribution in [1.29, 1.82) is 0 Å². The van der Waals surface area contributed by atoms with Crippen LogP contribution in [0.1, 0.15) is 46.3 Å². The van der Waals surface area contributed by atoms with E-state index in [9.17, 15) is 37.1 Å². The van der Waals surface area contributed by atoms with Gasteiger partial charge in [-0.15, -0.1) is 11.8 Å². The molecule has 1 amide bonds. The third kappa shape index (κ3) is 9.18. The van der Waals surface area contributed by atoms with E-state index in [0.29, 0.717) is 29.7 Å². The van der Waals surface area contributed by atoms with Crippen molar-refractivity contribution in [2.75, 3.05) is 5.75 Å². The lowest BCUT2D eigenvalue weighted by molar-refractivity contribution is -0.139. The molecule has 14 heteroatoms. The molecule has 1 aliphatic carbocycles. The fourth-order valence-corrected chi connectivity index (χ4v) is 6.99. The van der Waals surface area contributed by atoms with Gasteiger partial charge in [-0.2, -0.15) is 4.31 Å². The van der Waals surface area contributed by atoms with Crippen LogP contribution in [0.25, 0.3) is 0 Å². The molecule has 1 atom stereocenters. The van der Waals surface area contributed by atoms with Crippen molar-refractivity contribution in [2.45, 2.75) is 55.0 Å². The van der Waals surface area contributed by atoms with Gasteiger partial charge in [-0.1, -0.05) is 36.4 Å². The number of carboxylic acid groups (broad SMARTS) is 2. The number of ketones is 1. The first-order valence-corrected chi connectivity index (χ1v) is 16.2. The quantitative estimate of drug-likeness (QED) is 0.210. The number of aliphatic carboxylic acids is 2. The van der Waals surface area contributed by atoms with Crippen molar-refractivity contribution in [2.24, 2.45) is 0 Å². The first-order valence-electron chi connectivity index (χ1n) is 13.6. The topological polar surface area (TPSA) is 171 Å². The van der Waals surface area contributed by atoms with Gasteiger partial charge in [-0.25, -0.2) is 12.8 Å². The molecule has 3 N–H and O–H groups in total. The van der Waals surface area contributed by atoms with E-state index in [4.69, 9.17) is 5.11 Å². The number of amides is 1. The van der Waals surface area contributed by atoms with Crippen LogP contribution in [-0.4, -0.2) is 69.4 Å². The summed E-state index contributed by atoms with van der Waals surface area (Å²) in [4.78, 5) is 52.1. The molecule has 0 unspecified atom stereocenters. The van der Waals surface area contributed by atoms with E-state index in [2.05, 4.69) is 10.3 Å². The maximum atomic E-state index is 13.7. The summed E-state index contributed by atoms with van der Waals surface area (Å²) in [5, 5.41) is 20.8. The van der Waals surface area contributed by atoms with E-state index in [1.807, 2.05) is 0 Å². The number of Topliss-reactive ketones (excluding diaryl/α,β-unsaturated/α-hetero) is 1. The fourth-order valence-electron chi connectivity index (χ4n) is 4.40. The van der Waals surface area contributed by atoms with E-state index < -0.39 is 51.9 Å². The molecule has 11 nitrogen and oxygen atoms in total. The molecule has 1 aromatic heterocycles. The van der Waals surface area contributed by atoms with Gasteiger partial charge in [0.15, 0.2) is 5.78 Å². The average Bonchev–Trinajstić information content (AvgIpc) is 3.81. The minimum absolute atomic E-state index is 0.0122. The highest BCUT2D eigenvalue weighted by atomic mass is 32.2. The predicted octanol–water partition coefficient (Wildman–Crippen LogP) is 3.28. The zero-order valence-corrected chi connectivity index (χ0v) is 25.0. The van der Waals surface area contributed by atoms with Gasteiger partial charge in [0.05, 0.1) is 30.2 Å². The Kier molecular flexibility index (Phi) is 10.8. The standard InChI is InChI=1S/C30H30FN3O8S2/c31-23-6-4-19(5-7-23)17-43-18-27(35)26(13-29(38)39)33-30(40)22-12-25(15-32-14-22)44(41,42)34(24-8-9-24)16-21-3-1-2-20(10-21)11-28(36)37/h1-7,10,12,14-15,24,26H,8-9,11,13,16-18H2,(H,33,40)(H,36,37)(H,38,39)/t26-/m0/s1. The molecule has 0 spiro atoms. The molecule has 2 aromatic carbocycles. The van der Waals surface area contributed by atoms with Crippen LogP contribution < -0.4 is 5.32 Å². The number of carbonyl (C=O) groups is 4. The van der Waals surface area contributed by atoms with E-state index >= 15 is 0 Å². The third-order valence-electron chi connectivity index (χ3n) is 6.72. The number of nitrogens with zero attached hydrogens (tertiary/aromatic N) is 2. The van der Waals surface area contributed by atoms with Crippen molar-refractivity contribution < 1.29 is 42.2 Å². The Labute approximate surface area is 257 Å². The second kappa shape index (κ2) is 14.6. The molecule has 0 radical (unpaired) electrons. The first kappa shape index (κ1) is 32.8. The molecule has 0 bridgehead atoms. The van der Waals surface area contributed by atoms with Crippen molar-refractivity contribution >= 4 is 45.4 Å². The van der Waals surface area contributed by atoms with Crippen molar-refractivity contribution in [3.8, 4) is 0 Å². The summed E-state index contributed by atoms with van der Waals surface area (Å²) in [5.41, 5.74) is 1.73. The Balaban J connectivity index is 1.46. The lowest BCUT2D eigenvalue weighted by Crippen LogP contribution is -2.43. The smallest absolute Gasteiger partial charge is 0.307 e. The summed E-state index contributed by atoms with van der Waals surface area (Å²) < 4.78 is 41.8. The van der Waals surface area contributed by atoms with Crippen molar-refractivity contribution in [3.63, 3.8) is 0 Å². The van der Waals surface area contributed by atoms with Crippen LogP contribution in [0.15, 0.2) is 71.9 Å². The largest absolute Gasteiger partial charge is 0.481 e. The number of nitrogens with one attached hydrogen (secondary N) is 1. The van der Waals surface area contributed by atoms with Gasteiger partial charge in [-0.05, 0) is 47.7 Å². The summed E-state index contributed by atoms with van der Waals surface area (Å²) in [6.07, 6.45) is 2.62. The number of carboxylic acids is 2. The summed E-state index contributed by atoms with van der Waals surface area (Å²) >= 11 is 1.18. The number of hydrogen-bond acceptors (Lipinski definition) is 8. The van der Waals surface area contributed by atoms with Crippen LogP contribution in [0.5, 0.6) is 0 Å². The number of sulfonamides is 1. The summed E-state index contributed by atoms with van der Waals surface area (Å²) in [5.74, 6) is -3.88. The molecule has 0 saturated heterocycles. The van der Waals surface area contributed by atoms with Crippen LogP contribution in [-0.2, 0) is 43.1 Å². The lowest BCUT2D eigenvalue weighted by atomic mass is 10.1. The van der Waals surface area contributed by atoms with Crippen LogP contribution in [0, 0.1) is 5.82 Å². The minimum atomic E-state index is -4.15. The zero-order valence-electron chi connectivity index (χ0n) is 23.4. The maximum absolute atomic E-state index is 13.7. The van der Waals surface area contributed by atoms with Gasteiger partial charge >= 0.3 is 11.9 Å². The van der Waals surface area contributed by atoms with E-state index in [1.165, 1.54) is 28.2 Å². The third-order valence-corrected chi connectivity index (χ3v) is 9.61. The highest BCUT2D eigenvalue weighted by Crippen LogP contribution is 2.33. The first-order chi connectivity index (χ1) is 20.9. The monoisotopic (exact) mass is 643 g/mol. The number of thioether (sulfide) groups is 1. The molecule has 1 fully saturated rings. The summed E-state index contributed by atoms with van der Waals surface area (Å²) in [7, 11) is -4.15. The Hall–Kier alpha value is -4.14. The highest BCUT2D eigenvalue weighted by molar-refractivity contribution is 7.99. The van der Waals surface area contributed by atoms with E-state index in [1.54, 1.807) is 36.4 Å². The van der Waals surface area contributed by atoms with Crippen LogP contribution in [0.2, 0.25) is 0 Å². The SMILES string of the molecule is O=C(O)Cc1cccc(CN(C2CC2)S(=O)(=O)c2cncc(C(=O)N[C@@H](CC(=O)O)C(=O)CSCc3ccc(F)cc3)c2)c1. The lowest BCUT2D eigenvalue weighted by Gasteiger charge is -2.22. The molecule has 3 aromatic rings. The Morgan fingerprint density at radius 2 is 1.68 bits per heavy atom. The van der Waals surface area contributed by atoms with Gasteiger partial charge in [-0.3, -0.25) is 24.2 Å². The normalized spacial score (nSPS) is 13.8. The maximum Gasteiger partial charge on any atom is 0.307 e. The molecule has 0 aliphatic heterocycles. The number of benzene rings is 2. The van der Waals surface area contributed by atoms with Crippen LogP contribution >= 0.6 is 11.8 Å². The zero-order chi connectivity index (χ0) is 31.9. The second-order valence-electron chi connectivity index (χ2n) is 10.3. The number of hydrogen-bond donors (Lipinski definition) is 3. The molecule has 1 saturated carbocycles. The van der Waals surface area contributed by atoms with E-state index in [-0.39, 0.29) is 35.2 Å². The Bertz CT molecular complexity index is 1650. The molecule has 4 rings (SSSR count). The molecule has 44 heavy (non-hydrogen) atoms. The second-order valence-corrected chi connectivity index (χ2v) is 13.2. The minimum Gasteiger partial charge on any atom is -0.481 e. The number of rotatable bonds is 16. The van der Waals surface area contributed by atoms with Gasteiger partial charge < -0.3 is 15.5 Å². The van der Waals surface area contributed by atoms with Gasteiger partial charge in [0.25, 0.3) is 5.91 Å². The van der Waals surface area contributed by atoms with Crippen LogP contribution in [0.3, 0.4) is 0 Å². The van der Waals surface area contributed by atoms with E-state index in [0.717, 1.165) is 24.0 Å². The fraction of sp³-hybridized carbons (Fsp3) is 0.300. The Morgan fingerprint density at radius 1 is 0.977 bits per heavy atom.